The minimum absolute atomic E-state index is 0.182. The van der Waals surface area contributed by atoms with Gasteiger partial charge in [-0.2, -0.15) is 5.26 Å². The van der Waals surface area contributed by atoms with Crippen LogP contribution in [0.4, 0.5) is 0 Å². The van der Waals surface area contributed by atoms with E-state index < -0.39 is 0 Å². The predicted octanol–water partition coefficient (Wildman–Crippen LogP) is 4.48. The Labute approximate surface area is 160 Å². The summed E-state index contributed by atoms with van der Waals surface area (Å²) in [6.45, 7) is 6.79. The van der Waals surface area contributed by atoms with Gasteiger partial charge in [0.05, 0.1) is 31.4 Å². The van der Waals surface area contributed by atoms with Gasteiger partial charge in [-0.25, -0.2) is 0 Å². The van der Waals surface area contributed by atoms with Crippen molar-refractivity contribution in [2.45, 2.75) is 33.2 Å². The Bertz CT molecular complexity index is 807. The quantitative estimate of drug-likeness (QED) is 0.747. The second kappa shape index (κ2) is 9.63. The molecule has 0 fully saturated rings. The Morgan fingerprint density at radius 1 is 1.11 bits per heavy atom. The molecule has 0 saturated heterocycles. The third-order valence-corrected chi connectivity index (χ3v) is 4.27. The van der Waals surface area contributed by atoms with Crippen molar-refractivity contribution >= 4 is 5.91 Å². The molecule has 2 aromatic carbocycles. The number of hydrogen-bond donors (Lipinski definition) is 1. The second-order valence-electron chi connectivity index (χ2n) is 6.83. The molecule has 5 nitrogen and oxygen atoms in total. The number of hydrogen-bond acceptors (Lipinski definition) is 4. The third kappa shape index (κ3) is 5.75. The number of nitrogens with zero attached hydrogens (tertiary/aromatic N) is 1. The molecular weight excluding hydrogens is 340 g/mol. The Hall–Kier alpha value is -3.00. The molecule has 5 heteroatoms. The minimum Gasteiger partial charge on any atom is -0.493 e. The van der Waals surface area contributed by atoms with Crippen LogP contribution < -0.4 is 14.8 Å². The molecule has 0 aliphatic carbocycles. The first-order valence-electron chi connectivity index (χ1n) is 9.06. The number of carbonyl (C=O) groups is 1. The Kier molecular flexibility index (Phi) is 7.25. The first-order valence-corrected chi connectivity index (χ1v) is 9.06. The van der Waals surface area contributed by atoms with Crippen LogP contribution in [0.3, 0.4) is 0 Å². The van der Waals surface area contributed by atoms with Crippen molar-refractivity contribution in [3.8, 4) is 17.6 Å². The molecule has 142 valence electrons. The molecular formula is C22H26N2O3. The van der Waals surface area contributed by atoms with Gasteiger partial charge in [0.1, 0.15) is 0 Å². The zero-order valence-electron chi connectivity index (χ0n) is 16.3. The summed E-state index contributed by atoms with van der Waals surface area (Å²) in [6, 6.07) is 14.3. The molecule has 0 spiro atoms. The Balaban J connectivity index is 2.05. The standard InChI is InChI=1S/C22H26N2O3/c1-15(2)11-12-27-20-10-9-19(13-21(20)26-4)22(25)24-16(3)18-7-5-17(14-23)6-8-18/h5-10,13,15-16H,11-12H2,1-4H3,(H,24,25). The predicted molar refractivity (Wildman–Crippen MR) is 105 cm³/mol. The highest BCUT2D eigenvalue weighted by Crippen LogP contribution is 2.28. The van der Waals surface area contributed by atoms with Crippen LogP contribution in [0.1, 0.15) is 54.7 Å². The maximum atomic E-state index is 12.6. The number of nitriles is 1. The Morgan fingerprint density at radius 2 is 1.81 bits per heavy atom. The summed E-state index contributed by atoms with van der Waals surface area (Å²) < 4.78 is 11.1. The lowest BCUT2D eigenvalue weighted by atomic mass is 10.1. The van der Waals surface area contributed by atoms with Crippen LogP contribution in [0.5, 0.6) is 11.5 Å². The second-order valence-corrected chi connectivity index (χ2v) is 6.83. The molecule has 2 aromatic rings. The monoisotopic (exact) mass is 366 g/mol. The number of ether oxygens (including phenoxy) is 2. The summed E-state index contributed by atoms with van der Waals surface area (Å²) in [5.74, 6) is 1.54. The van der Waals surface area contributed by atoms with E-state index in [1.54, 1.807) is 37.4 Å². The fourth-order valence-electron chi connectivity index (χ4n) is 2.54. The number of carbonyl (C=O) groups excluding carboxylic acids is 1. The lowest BCUT2D eigenvalue weighted by Gasteiger charge is -2.16. The van der Waals surface area contributed by atoms with E-state index >= 15 is 0 Å². The summed E-state index contributed by atoms with van der Waals surface area (Å²) in [5, 5.41) is 11.8. The lowest BCUT2D eigenvalue weighted by Crippen LogP contribution is -2.26. The van der Waals surface area contributed by atoms with E-state index in [0.29, 0.717) is 35.2 Å². The number of methoxy groups -OCH3 is 1. The van der Waals surface area contributed by atoms with E-state index in [0.717, 1.165) is 12.0 Å². The number of rotatable bonds is 8. The maximum absolute atomic E-state index is 12.6. The van der Waals surface area contributed by atoms with Crippen molar-refractivity contribution in [3.05, 3.63) is 59.2 Å². The van der Waals surface area contributed by atoms with Crippen LogP contribution in [0, 0.1) is 17.2 Å². The van der Waals surface area contributed by atoms with Crippen molar-refractivity contribution in [2.24, 2.45) is 5.92 Å². The fraction of sp³-hybridized carbons (Fsp3) is 0.364. The highest BCUT2D eigenvalue weighted by molar-refractivity contribution is 5.95. The van der Waals surface area contributed by atoms with Crippen LogP contribution in [0.25, 0.3) is 0 Å². The van der Waals surface area contributed by atoms with E-state index in [9.17, 15) is 4.79 Å². The van der Waals surface area contributed by atoms with Gasteiger partial charge in [-0.3, -0.25) is 4.79 Å². The summed E-state index contributed by atoms with van der Waals surface area (Å²) in [7, 11) is 1.56. The van der Waals surface area contributed by atoms with Gasteiger partial charge in [0, 0.05) is 5.56 Å². The third-order valence-electron chi connectivity index (χ3n) is 4.27. The van der Waals surface area contributed by atoms with E-state index in [4.69, 9.17) is 14.7 Å². The largest absolute Gasteiger partial charge is 0.493 e. The highest BCUT2D eigenvalue weighted by Gasteiger charge is 2.14. The summed E-state index contributed by atoms with van der Waals surface area (Å²) in [6.07, 6.45) is 0.952. The molecule has 27 heavy (non-hydrogen) atoms. The lowest BCUT2D eigenvalue weighted by molar-refractivity contribution is 0.0939. The van der Waals surface area contributed by atoms with Gasteiger partial charge >= 0.3 is 0 Å². The van der Waals surface area contributed by atoms with E-state index in [2.05, 4.69) is 25.2 Å². The molecule has 2 rings (SSSR count). The van der Waals surface area contributed by atoms with Gasteiger partial charge < -0.3 is 14.8 Å². The van der Waals surface area contributed by atoms with E-state index in [-0.39, 0.29) is 11.9 Å². The summed E-state index contributed by atoms with van der Waals surface area (Å²) in [4.78, 5) is 12.6. The molecule has 0 bridgehead atoms. The van der Waals surface area contributed by atoms with Crippen LogP contribution in [-0.4, -0.2) is 19.6 Å². The van der Waals surface area contributed by atoms with Crippen LogP contribution in [0.15, 0.2) is 42.5 Å². The minimum atomic E-state index is -0.195. The maximum Gasteiger partial charge on any atom is 0.251 e. The highest BCUT2D eigenvalue weighted by atomic mass is 16.5. The number of benzene rings is 2. The molecule has 1 amide bonds. The molecule has 1 atom stereocenters. The number of amides is 1. The average molecular weight is 366 g/mol. The molecule has 0 radical (unpaired) electrons. The summed E-state index contributed by atoms with van der Waals surface area (Å²) in [5.41, 5.74) is 2.03. The van der Waals surface area contributed by atoms with Gasteiger partial charge in [0.15, 0.2) is 11.5 Å². The summed E-state index contributed by atoms with van der Waals surface area (Å²) >= 11 is 0. The SMILES string of the molecule is COc1cc(C(=O)NC(C)c2ccc(C#N)cc2)ccc1OCCC(C)C. The molecule has 0 aliphatic rings. The van der Waals surface area contributed by atoms with Crippen molar-refractivity contribution in [2.75, 3.05) is 13.7 Å². The smallest absolute Gasteiger partial charge is 0.251 e. The fourth-order valence-corrected chi connectivity index (χ4v) is 2.54. The topological polar surface area (TPSA) is 71.3 Å². The number of nitrogens with one attached hydrogen (secondary N) is 1. The van der Waals surface area contributed by atoms with E-state index in [1.165, 1.54) is 0 Å². The van der Waals surface area contributed by atoms with Gasteiger partial charge in [-0.05, 0) is 55.2 Å². The first-order chi connectivity index (χ1) is 12.9. The molecule has 0 aromatic heterocycles. The molecule has 1 unspecified atom stereocenters. The molecule has 1 N–H and O–H groups in total. The van der Waals surface area contributed by atoms with Gasteiger partial charge in [0.2, 0.25) is 0 Å². The zero-order chi connectivity index (χ0) is 19.8. The van der Waals surface area contributed by atoms with Gasteiger partial charge in [-0.1, -0.05) is 26.0 Å². The molecule has 0 heterocycles. The molecule has 0 saturated carbocycles. The average Bonchev–Trinajstić information content (AvgIpc) is 2.67. The zero-order valence-corrected chi connectivity index (χ0v) is 16.3. The van der Waals surface area contributed by atoms with Crippen molar-refractivity contribution in [1.82, 2.24) is 5.32 Å². The Morgan fingerprint density at radius 3 is 2.41 bits per heavy atom. The normalized spacial score (nSPS) is 11.6. The van der Waals surface area contributed by atoms with E-state index in [1.807, 2.05) is 19.1 Å². The van der Waals surface area contributed by atoms with Gasteiger partial charge in [-0.15, -0.1) is 0 Å². The van der Waals surface area contributed by atoms with Crippen LogP contribution in [0.2, 0.25) is 0 Å². The van der Waals surface area contributed by atoms with Crippen molar-refractivity contribution in [3.63, 3.8) is 0 Å². The van der Waals surface area contributed by atoms with Crippen molar-refractivity contribution < 1.29 is 14.3 Å². The molecule has 0 aliphatic heterocycles. The van der Waals surface area contributed by atoms with Gasteiger partial charge in [0.25, 0.3) is 5.91 Å². The van der Waals surface area contributed by atoms with Crippen molar-refractivity contribution in [1.29, 1.82) is 5.26 Å². The van der Waals surface area contributed by atoms with Crippen LogP contribution >= 0.6 is 0 Å². The van der Waals surface area contributed by atoms with Crippen LogP contribution in [-0.2, 0) is 0 Å². The first kappa shape index (κ1) is 20.3.